The summed E-state index contributed by atoms with van der Waals surface area (Å²) in [4.78, 5) is 12.3. The fourth-order valence-corrected chi connectivity index (χ4v) is 4.21. The van der Waals surface area contributed by atoms with E-state index >= 15 is 0 Å². The van der Waals surface area contributed by atoms with Crippen LogP contribution in [0.5, 0.6) is 0 Å². The van der Waals surface area contributed by atoms with Gasteiger partial charge in [0.2, 0.25) is 21.9 Å². The highest BCUT2D eigenvalue weighted by Gasteiger charge is 2.29. The standard InChI is InChI=1S/C14H19N7O3S/c15-14-17-18-19-21(14)10-13(22)16-11-6-8-20(9-7-11)25(23,24)12-4-2-1-3-5-12/h1-5,11H,6-10H2,(H,16,22)(H2,15,17,19). The van der Waals surface area contributed by atoms with Crippen LogP contribution in [0.25, 0.3) is 0 Å². The van der Waals surface area contributed by atoms with Crippen LogP contribution < -0.4 is 11.1 Å². The fourth-order valence-electron chi connectivity index (χ4n) is 2.72. The van der Waals surface area contributed by atoms with E-state index in [9.17, 15) is 13.2 Å². The average Bonchev–Trinajstić information content (AvgIpc) is 3.01. The second-order valence-electron chi connectivity index (χ2n) is 5.75. The first kappa shape index (κ1) is 17.3. The number of tetrazole rings is 1. The van der Waals surface area contributed by atoms with Gasteiger partial charge in [-0.05, 0) is 35.4 Å². The molecular formula is C14H19N7O3S. The van der Waals surface area contributed by atoms with E-state index in [1.165, 1.54) is 8.99 Å². The molecule has 0 radical (unpaired) electrons. The van der Waals surface area contributed by atoms with Crippen molar-refractivity contribution >= 4 is 21.9 Å². The van der Waals surface area contributed by atoms with Crippen LogP contribution in [0.15, 0.2) is 35.2 Å². The molecule has 2 aromatic rings. The molecule has 1 aromatic carbocycles. The Morgan fingerprint density at radius 3 is 2.52 bits per heavy atom. The second kappa shape index (κ2) is 7.15. The number of hydrogen-bond acceptors (Lipinski definition) is 7. The molecule has 11 heteroatoms. The number of nitrogens with one attached hydrogen (secondary N) is 1. The highest BCUT2D eigenvalue weighted by Crippen LogP contribution is 2.20. The first-order valence-corrected chi connectivity index (χ1v) is 9.27. The largest absolute Gasteiger partial charge is 0.367 e. The molecule has 3 N–H and O–H groups in total. The number of hydrogen-bond donors (Lipinski definition) is 2. The molecule has 1 amide bonds. The van der Waals surface area contributed by atoms with Crippen LogP contribution in [-0.4, -0.2) is 58.0 Å². The number of nitrogens with two attached hydrogens (primary N) is 1. The van der Waals surface area contributed by atoms with Crippen LogP contribution in [-0.2, 0) is 21.4 Å². The van der Waals surface area contributed by atoms with Crippen LogP contribution in [0, 0.1) is 0 Å². The monoisotopic (exact) mass is 365 g/mol. The lowest BCUT2D eigenvalue weighted by molar-refractivity contribution is -0.122. The molecule has 0 bridgehead atoms. The Bertz CT molecular complexity index is 829. The zero-order chi connectivity index (χ0) is 17.9. The number of benzene rings is 1. The van der Waals surface area contributed by atoms with Gasteiger partial charge in [0.15, 0.2) is 0 Å². The normalized spacial score (nSPS) is 16.6. The molecule has 2 heterocycles. The Hall–Kier alpha value is -2.53. The Kier molecular flexibility index (Phi) is 4.95. The number of nitrogen functional groups attached to an aromatic ring is 1. The Morgan fingerprint density at radius 2 is 1.92 bits per heavy atom. The zero-order valence-electron chi connectivity index (χ0n) is 13.4. The maximum atomic E-state index is 12.6. The van der Waals surface area contributed by atoms with Gasteiger partial charge in [-0.15, -0.1) is 0 Å². The van der Waals surface area contributed by atoms with E-state index in [0.29, 0.717) is 25.9 Å². The average molecular weight is 365 g/mol. The number of sulfonamides is 1. The molecule has 1 aliphatic heterocycles. The highest BCUT2D eigenvalue weighted by molar-refractivity contribution is 7.89. The van der Waals surface area contributed by atoms with Gasteiger partial charge in [0.1, 0.15) is 6.54 Å². The lowest BCUT2D eigenvalue weighted by Crippen LogP contribution is -2.47. The van der Waals surface area contributed by atoms with Crippen molar-refractivity contribution in [3.8, 4) is 0 Å². The van der Waals surface area contributed by atoms with Gasteiger partial charge in [0.05, 0.1) is 4.90 Å². The maximum Gasteiger partial charge on any atom is 0.243 e. The van der Waals surface area contributed by atoms with Crippen molar-refractivity contribution in [3.05, 3.63) is 30.3 Å². The third-order valence-electron chi connectivity index (χ3n) is 4.05. The van der Waals surface area contributed by atoms with Crippen LogP contribution >= 0.6 is 0 Å². The molecule has 0 aliphatic carbocycles. The van der Waals surface area contributed by atoms with Gasteiger partial charge in [0, 0.05) is 19.1 Å². The predicted molar refractivity (Wildman–Crippen MR) is 88.6 cm³/mol. The quantitative estimate of drug-likeness (QED) is 0.709. The molecule has 1 aliphatic rings. The second-order valence-corrected chi connectivity index (χ2v) is 7.69. The number of carbonyl (C=O) groups excluding carboxylic acids is 1. The topological polar surface area (TPSA) is 136 Å². The summed E-state index contributed by atoms with van der Waals surface area (Å²) in [6, 6.07) is 8.25. The number of anilines is 1. The Balaban J connectivity index is 1.54. The van der Waals surface area contributed by atoms with Crippen molar-refractivity contribution in [2.45, 2.75) is 30.3 Å². The third-order valence-corrected chi connectivity index (χ3v) is 5.97. The van der Waals surface area contributed by atoms with Crippen molar-refractivity contribution in [1.82, 2.24) is 29.8 Å². The summed E-state index contributed by atoms with van der Waals surface area (Å²) < 4.78 is 27.8. The van der Waals surface area contributed by atoms with E-state index in [-0.39, 0.29) is 29.3 Å². The van der Waals surface area contributed by atoms with Crippen LogP contribution in [0.3, 0.4) is 0 Å². The van der Waals surface area contributed by atoms with Gasteiger partial charge in [0.25, 0.3) is 0 Å². The number of rotatable bonds is 5. The summed E-state index contributed by atoms with van der Waals surface area (Å²) in [6.07, 6.45) is 1.09. The molecule has 1 aromatic heterocycles. The summed E-state index contributed by atoms with van der Waals surface area (Å²) >= 11 is 0. The van der Waals surface area contributed by atoms with E-state index in [1.54, 1.807) is 30.3 Å². The molecule has 0 saturated carbocycles. The Labute approximate surface area is 145 Å². The number of carbonyl (C=O) groups is 1. The summed E-state index contributed by atoms with van der Waals surface area (Å²) in [5.41, 5.74) is 5.52. The highest BCUT2D eigenvalue weighted by atomic mass is 32.2. The van der Waals surface area contributed by atoms with Crippen molar-refractivity contribution in [2.75, 3.05) is 18.8 Å². The molecule has 0 atom stereocenters. The van der Waals surface area contributed by atoms with Gasteiger partial charge in [-0.1, -0.05) is 23.3 Å². The fraction of sp³-hybridized carbons (Fsp3) is 0.429. The van der Waals surface area contributed by atoms with E-state index in [1.807, 2.05) is 0 Å². The SMILES string of the molecule is Nc1nnnn1CC(=O)NC1CCN(S(=O)(=O)c2ccccc2)CC1. The van der Waals surface area contributed by atoms with E-state index in [4.69, 9.17) is 5.73 Å². The summed E-state index contributed by atoms with van der Waals surface area (Å²) in [5, 5.41) is 13.4. The molecular weight excluding hydrogens is 346 g/mol. The van der Waals surface area contributed by atoms with Crippen molar-refractivity contribution in [1.29, 1.82) is 0 Å². The summed E-state index contributed by atoms with van der Waals surface area (Å²) in [7, 11) is -3.49. The van der Waals surface area contributed by atoms with Crippen LogP contribution in [0.2, 0.25) is 0 Å². The molecule has 134 valence electrons. The van der Waals surface area contributed by atoms with Crippen LogP contribution in [0.1, 0.15) is 12.8 Å². The number of amides is 1. The summed E-state index contributed by atoms with van der Waals surface area (Å²) in [6.45, 7) is 0.645. The molecule has 1 fully saturated rings. The molecule has 25 heavy (non-hydrogen) atoms. The van der Waals surface area contributed by atoms with E-state index in [2.05, 4.69) is 20.8 Å². The maximum absolute atomic E-state index is 12.6. The zero-order valence-corrected chi connectivity index (χ0v) is 14.3. The van der Waals surface area contributed by atoms with Gasteiger partial charge in [-0.25, -0.2) is 13.1 Å². The van der Waals surface area contributed by atoms with Gasteiger partial charge in [-0.3, -0.25) is 4.79 Å². The Morgan fingerprint density at radius 1 is 1.24 bits per heavy atom. The van der Waals surface area contributed by atoms with E-state index in [0.717, 1.165) is 0 Å². The number of nitrogens with zero attached hydrogens (tertiary/aromatic N) is 5. The van der Waals surface area contributed by atoms with Gasteiger partial charge < -0.3 is 11.1 Å². The minimum absolute atomic E-state index is 0.0681. The minimum Gasteiger partial charge on any atom is -0.367 e. The lowest BCUT2D eigenvalue weighted by Gasteiger charge is -2.31. The van der Waals surface area contributed by atoms with Gasteiger partial charge in [-0.2, -0.15) is 4.31 Å². The minimum atomic E-state index is -3.49. The third kappa shape index (κ3) is 3.94. The molecule has 0 unspecified atom stereocenters. The van der Waals surface area contributed by atoms with E-state index < -0.39 is 10.0 Å². The predicted octanol–water partition coefficient (Wildman–Crippen LogP) is -0.775. The number of aromatic nitrogens is 4. The molecule has 0 spiro atoms. The van der Waals surface area contributed by atoms with Crippen LogP contribution in [0.4, 0.5) is 5.95 Å². The van der Waals surface area contributed by atoms with Crippen molar-refractivity contribution in [3.63, 3.8) is 0 Å². The first-order valence-electron chi connectivity index (χ1n) is 7.83. The first-order chi connectivity index (χ1) is 12.0. The van der Waals surface area contributed by atoms with Crippen molar-refractivity contribution in [2.24, 2.45) is 0 Å². The smallest absolute Gasteiger partial charge is 0.243 e. The molecule has 1 saturated heterocycles. The number of piperidine rings is 1. The molecule has 3 rings (SSSR count). The lowest BCUT2D eigenvalue weighted by atomic mass is 10.1. The van der Waals surface area contributed by atoms with Crippen molar-refractivity contribution < 1.29 is 13.2 Å². The molecule has 10 nitrogen and oxygen atoms in total. The van der Waals surface area contributed by atoms with Gasteiger partial charge >= 0.3 is 0 Å². The summed E-state index contributed by atoms with van der Waals surface area (Å²) in [5.74, 6) is -0.192.